The van der Waals surface area contributed by atoms with E-state index in [-0.39, 0.29) is 11.5 Å². The van der Waals surface area contributed by atoms with Gasteiger partial charge in [-0.3, -0.25) is 0 Å². The summed E-state index contributed by atoms with van der Waals surface area (Å²) in [5.74, 6) is 0.464. The van der Waals surface area contributed by atoms with E-state index in [0.29, 0.717) is 12.3 Å². The second kappa shape index (κ2) is 4.31. The van der Waals surface area contributed by atoms with Gasteiger partial charge in [-0.1, -0.05) is 31.6 Å². The monoisotopic (exact) mass is 194 g/mol. The molecule has 1 nitrogen and oxygen atoms in total. The van der Waals surface area contributed by atoms with Crippen molar-refractivity contribution in [2.75, 3.05) is 0 Å². The summed E-state index contributed by atoms with van der Waals surface area (Å²) < 4.78 is 0. The van der Waals surface area contributed by atoms with E-state index in [4.69, 9.17) is 0 Å². The predicted octanol–water partition coefficient (Wildman–Crippen LogP) is 3.31. The highest BCUT2D eigenvalue weighted by Gasteiger charge is 2.38. The van der Waals surface area contributed by atoms with Gasteiger partial charge in [-0.25, -0.2) is 0 Å². The molecule has 1 aliphatic carbocycles. The van der Waals surface area contributed by atoms with Crippen molar-refractivity contribution in [2.24, 2.45) is 11.3 Å². The molecular weight excluding hydrogens is 172 g/mol. The fraction of sp³-hybridized carbons (Fsp3) is 0.692. The van der Waals surface area contributed by atoms with Gasteiger partial charge in [0.25, 0.3) is 0 Å². The molecule has 0 aromatic rings. The van der Waals surface area contributed by atoms with Gasteiger partial charge in [0.1, 0.15) is 0 Å². The van der Waals surface area contributed by atoms with Crippen molar-refractivity contribution in [3.05, 3.63) is 24.3 Å². The number of rotatable bonds is 3. The van der Waals surface area contributed by atoms with Gasteiger partial charge in [0, 0.05) is 5.41 Å². The van der Waals surface area contributed by atoms with E-state index < -0.39 is 0 Å². The molecule has 14 heavy (non-hydrogen) atoms. The maximum Gasteiger partial charge on any atom is 0.0633 e. The molecule has 0 saturated heterocycles. The first kappa shape index (κ1) is 11.5. The van der Waals surface area contributed by atoms with Crippen LogP contribution in [0.3, 0.4) is 0 Å². The van der Waals surface area contributed by atoms with Crippen LogP contribution in [0.25, 0.3) is 0 Å². The smallest absolute Gasteiger partial charge is 0.0633 e. The van der Waals surface area contributed by atoms with Crippen molar-refractivity contribution in [3.8, 4) is 0 Å². The van der Waals surface area contributed by atoms with E-state index in [2.05, 4.69) is 33.4 Å². The maximum atomic E-state index is 10.1. The zero-order chi connectivity index (χ0) is 10.8. The van der Waals surface area contributed by atoms with Crippen molar-refractivity contribution in [1.82, 2.24) is 0 Å². The summed E-state index contributed by atoms with van der Waals surface area (Å²) in [6, 6.07) is 0. The number of allylic oxidation sites excluding steroid dienone is 2. The lowest BCUT2D eigenvalue weighted by atomic mass is 9.66. The van der Waals surface area contributed by atoms with Crippen LogP contribution in [-0.4, -0.2) is 11.2 Å². The molecule has 0 heterocycles. The summed E-state index contributed by atoms with van der Waals surface area (Å²) in [7, 11) is 0. The number of aliphatic hydroxyl groups is 1. The Kier molecular flexibility index (Phi) is 3.54. The van der Waals surface area contributed by atoms with E-state index in [9.17, 15) is 5.11 Å². The van der Waals surface area contributed by atoms with E-state index in [0.717, 1.165) is 12.8 Å². The molecule has 0 aliphatic heterocycles. The van der Waals surface area contributed by atoms with Gasteiger partial charge < -0.3 is 5.11 Å². The summed E-state index contributed by atoms with van der Waals surface area (Å²) in [5, 5.41) is 10.1. The third-order valence-electron chi connectivity index (χ3n) is 3.78. The van der Waals surface area contributed by atoms with Crippen LogP contribution in [0.4, 0.5) is 0 Å². The Morgan fingerprint density at radius 2 is 2.43 bits per heavy atom. The van der Waals surface area contributed by atoms with E-state index in [1.807, 2.05) is 6.08 Å². The molecule has 0 radical (unpaired) electrons. The van der Waals surface area contributed by atoms with Crippen molar-refractivity contribution < 1.29 is 5.11 Å². The van der Waals surface area contributed by atoms with Crippen LogP contribution in [0, 0.1) is 11.3 Å². The highest BCUT2D eigenvalue weighted by molar-refractivity contribution is 5.11. The highest BCUT2D eigenvalue weighted by Crippen LogP contribution is 2.43. The molecule has 1 aliphatic rings. The molecule has 0 spiro atoms. The van der Waals surface area contributed by atoms with Gasteiger partial charge in [0.15, 0.2) is 0 Å². The van der Waals surface area contributed by atoms with Crippen LogP contribution in [-0.2, 0) is 0 Å². The van der Waals surface area contributed by atoms with Gasteiger partial charge in [0.05, 0.1) is 6.10 Å². The molecule has 0 amide bonds. The average molecular weight is 194 g/mol. The maximum absolute atomic E-state index is 10.1. The largest absolute Gasteiger partial charge is 0.392 e. The fourth-order valence-electron chi connectivity index (χ4n) is 2.29. The third-order valence-corrected chi connectivity index (χ3v) is 3.78. The lowest BCUT2D eigenvalue weighted by Gasteiger charge is -2.41. The summed E-state index contributed by atoms with van der Waals surface area (Å²) in [4.78, 5) is 0. The van der Waals surface area contributed by atoms with Gasteiger partial charge in [-0.15, -0.1) is 6.58 Å². The normalized spacial score (nSPS) is 34.9. The summed E-state index contributed by atoms with van der Waals surface area (Å²) in [6.07, 6.45) is 6.78. The highest BCUT2D eigenvalue weighted by atomic mass is 16.3. The van der Waals surface area contributed by atoms with Gasteiger partial charge in [-0.2, -0.15) is 0 Å². The second-order valence-electron chi connectivity index (χ2n) is 4.85. The Morgan fingerprint density at radius 1 is 1.79 bits per heavy atom. The fourth-order valence-corrected chi connectivity index (χ4v) is 2.29. The molecule has 0 saturated carbocycles. The van der Waals surface area contributed by atoms with Crippen LogP contribution in [0.15, 0.2) is 24.3 Å². The Hall–Kier alpha value is -0.560. The lowest BCUT2D eigenvalue weighted by Crippen LogP contribution is -2.39. The van der Waals surface area contributed by atoms with Gasteiger partial charge >= 0.3 is 0 Å². The molecule has 80 valence electrons. The van der Waals surface area contributed by atoms with E-state index >= 15 is 0 Å². The van der Waals surface area contributed by atoms with Crippen molar-refractivity contribution in [1.29, 1.82) is 0 Å². The van der Waals surface area contributed by atoms with Crippen molar-refractivity contribution >= 4 is 0 Å². The molecule has 0 aromatic carbocycles. The van der Waals surface area contributed by atoms with Gasteiger partial charge in [0.2, 0.25) is 0 Å². The lowest BCUT2D eigenvalue weighted by molar-refractivity contribution is 0.00314. The first-order valence-corrected chi connectivity index (χ1v) is 5.47. The molecule has 1 rings (SSSR count). The average Bonchev–Trinajstić information content (AvgIpc) is 2.12. The molecule has 0 bridgehead atoms. The molecule has 1 heteroatoms. The summed E-state index contributed by atoms with van der Waals surface area (Å²) in [6.45, 7) is 10.3. The summed E-state index contributed by atoms with van der Waals surface area (Å²) in [5.41, 5.74) is 1.49. The zero-order valence-electron chi connectivity index (χ0n) is 9.59. The van der Waals surface area contributed by atoms with Crippen LogP contribution in [0.1, 0.15) is 40.0 Å². The number of aliphatic hydroxyl groups excluding tert-OH is 1. The molecule has 0 fully saturated rings. The SMILES string of the molecule is C=CC[C@H](O)[C@@]1(C)CCC(C)=C[C@@H]1C. The van der Waals surface area contributed by atoms with Crippen LogP contribution in [0.5, 0.6) is 0 Å². The first-order chi connectivity index (χ1) is 6.50. The summed E-state index contributed by atoms with van der Waals surface area (Å²) >= 11 is 0. The van der Waals surface area contributed by atoms with Crippen LogP contribution in [0.2, 0.25) is 0 Å². The third kappa shape index (κ3) is 2.09. The van der Waals surface area contributed by atoms with E-state index in [1.54, 1.807) is 0 Å². The van der Waals surface area contributed by atoms with E-state index in [1.165, 1.54) is 5.57 Å². The molecular formula is C13H22O. The molecule has 1 N–H and O–H groups in total. The van der Waals surface area contributed by atoms with Crippen molar-refractivity contribution in [2.45, 2.75) is 46.1 Å². The quantitative estimate of drug-likeness (QED) is 0.683. The molecule has 0 aromatic heterocycles. The topological polar surface area (TPSA) is 20.2 Å². The Balaban J connectivity index is 2.79. The number of hydrogen-bond acceptors (Lipinski definition) is 1. The molecule has 3 atom stereocenters. The predicted molar refractivity (Wildman–Crippen MR) is 61.1 cm³/mol. The zero-order valence-corrected chi connectivity index (χ0v) is 9.59. The van der Waals surface area contributed by atoms with Crippen molar-refractivity contribution in [3.63, 3.8) is 0 Å². The van der Waals surface area contributed by atoms with Crippen LogP contribution < -0.4 is 0 Å². The second-order valence-corrected chi connectivity index (χ2v) is 4.85. The Labute approximate surface area is 87.5 Å². The first-order valence-electron chi connectivity index (χ1n) is 5.47. The van der Waals surface area contributed by atoms with Crippen LogP contribution >= 0.6 is 0 Å². The minimum atomic E-state index is -0.251. The minimum Gasteiger partial charge on any atom is -0.392 e. The number of hydrogen-bond donors (Lipinski definition) is 1. The Morgan fingerprint density at radius 3 is 2.93 bits per heavy atom. The Bertz CT molecular complexity index is 242. The minimum absolute atomic E-state index is 0.0354. The molecule has 0 unspecified atom stereocenters. The standard InChI is InChI=1S/C13H22O/c1-5-6-12(14)13(4)8-7-10(2)9-11(13)3/h5,9,11-12,14H,1,6-8H2,2-4H3/t11-,12-,13-/m0/s1. The van der Waals surface area contributed by atoms with Gasteiger partial charge in [-0.05, 0) is 32.1 Å².